The SMILES string of the molecule is CN(C)Cc1ccccc1CNC(=O)C1=NNC(=O)CC1. The molecule has 21 heavy (non-hydrogen) atoms. The van der Waals surface area contributed by atoms with Gasteiger partial charge in [0.1, 0.15) is 5.71 Å². The Balaban J connectivity index is 1.97. The van der Waals surface area contributed by atoms with Gasteiger partial charge in [0.2, 0.25) is 5.91 Å². The number of nitrogens with one attached hydrogen (secondary N) is 2. The lowest BCUT2D eigenvalue weighted by molar-refractivity contribution is -0.121. The molecule has 1 heterocycles. The molecular weight excluding hydrogens is 268 g/mol. The topological polar surface area (TPSA) is 73.8 Å². The molecule has 0 saturated heterocycles. The predicted molar refractivity (Wildman–Crippen MR) is 80.5 cm³/mol. The van der Waals surface area contributed by atoms with Crippen LogP contribution in [-0.4, -0.2) is 36.5 Å². The van der Waals surface area contributed by atoms with Crippen LogP contribution in [0.1, 0.15) is 24.0 Å². The largest absolute Gasteiger partial charge is 0.347 e. The molecule has 1 aliphatic rings. The Labute approximate surface area is 124 Å². The van der Waals surface area contributed by atoms with Gasteiger partial charge < -0.3 is 10.2 Å². The van der Waals surface area contributed by atoms with Crippen LogP contribution < -0.4 is 10.7 Å². The number of carbonyl (C=O) groups is 2. The average Bonchev–Trinajstić information content (AvgIpc) is 2.46. The Kier molecular flexibility index (Phi) is 5.05. The van der Waals surface area contributed by atoms with E-state index in [9.17, 15) is 9.59 Å². The summed E-state index contributed by atoms with van der Waals surface area (Å²) >= 11 is 0. The van der Waals surface area contributed by atoms with E-state index in [1.54, 1.807) is 0 Å². The van der Waals surface area contributed by atoms with Gasteiger partial charge >= 0.3 is 0 Å². The summed E-state index contributed by atoms with van der Waals surface area (Å²) < 4.78 is 0. The van der Waals surface area contributed by atoms with Gasteiger partial charge in [-0.3, -0.25) is 9.59 Å². The van der Waals surface area contributed by atoms with Gasteiger partial charge in [0.15, 0.2) is 0 Å². The van der Waals surface area contributed by atoms with Gasteiger partial charge in [0, 0.05) is 25.9 Å². The third-order valence-electron chi connectivity index (χ3n) is 3.21. The lowest BCUT2D eigenvalue weighted by Gasteiger charge is -2.15. The van der Waals surface area contributed by atoms with Crippen molar-refractivity contribution >= 4 is 17.5 Å². The van der Waals surface area contributed by atoms with Gasteiger partial charge in [-0.1, -0.05) is 24.3 Å². The fourth-order valence-electron chi connectivity index (χ4n) is 2.14. The first-order chi connectivity index (χ1) is 10.1. The van der Waals surface area contributed by atoms with Crippen LogP contribution in [0.4, 0.5) is 0 Å². The molecular formula is C15H20N4O2. The highest BCUT2D eigenvalue weighted by Crippen LogP contribution is 2.10. The van der Waals surface area contributed by atoms with E-state index >= 15 is 0 Å². The summed E-state index contributed by atoms with van der Waals surface area (Å²) in [5.41, 5.74) is 4.97. The third kappa shape index (κ3) is 4.39. The molecule has 1 aromatic carbocycles. The maximum Gasteiger partial charge on any atom is 0.267 e. The van der Waals surface area contributed by atoms with Crippen molar-refractivity contribution < 1.29 is 9.59 Å². The molecule has 0 aromatic heterocycles. The molecule has 2 N–H and O–H groups in total. The number of hydrogen-bond donors (Lipinski definition) is 2. The Bertz CT molecular complexity index is 567. The standard InChI is InChI=1S/C15H20N4O2/c1-19(2)10-12-6-4-3-5-11(12)9-16-15(21)13-7-8-14(20)18-17-13/h3-6H,7-10H2,1-2H3,(H,16,21)(H,18,20). The number of carbonyl (C=O) groups excluding carboxylic acids is 2. The molecule has 0 fully saturated rings. The van der Waals surface area contributed by atoms with Crippen LogP contribution in [0, 0.1) is 0 Å². The van der Waals surface area contributed by atoms with E-state index in [2.05, 4.69) is 26.8 Å². The van der Waals surface area contributed by atoms with Crippen LogP contribution >= 0.6 is 0 Å². The van der Waals surface area contributed by atoms with Crippen LogP contribution in [0.2, 0.25) is 0 Å². The van der Waals surface area contributed by atoms with E-state index < -0.39 is 0 Å². The maximum absolute atomic E-state index is 12.0. The molecule has 112 valence electrons. The van der Waals surface area contributed by atoms with Gasteiger partial charge in [-0.2, -0.15) is 5.10 Å². The highest BCUT2D eigenvalue weighted by molar-refractivity contribution is 6.39. The Morgan fingerprint density at radius 2 is 2.00 bits per heavy atom. The number of rotatable bonds is 5. The molecule has 0 radical (unpaired) electrons. The van der Waals surface area contributed by atoms with Gasteiger partial charge in [0.25, 0.3) is 5.91 Å². The lowest BCUT2D eigenvalue weighted by atomic mass is 10.1. The van der Waals surface area contributed by atoms with Crippen molar-refractivity contribution in [1.29, 1.82) is 0 Å². The number of nitrogens with zero attached hydrogens (tertiary/aromatic N) is 2. The second-order valence-electron chi connectivity index (χ2n) is 5.28. The second kappa shape index (κ2) is 6.99. The number of amides is 2. The molecule has 0 spiro atoms. The zero-order chi connectivity index (χ0) is 15.2. The lowest BCUT2D eigenvalue weighted by Crippen LogP contribution is -2.36. The van der Waals surface area contributed by atoms with Crippen LogP contribution in [0.3, 0.4) is 0 Å². The second-order valence-corrected chi connectivity index (χ2v) is 5.28. The zero-order valence-electron chi connectivity index (χ0n) is 12.3. The normalized spacial score (nSPS) is 14.6. The molecule has 6 heteroatoms. The fourth-order valence-corrected chi connectivity index (χ4v) is 2.14. The zero-order valence-corrected chi connectivity index (χ0v) is 12.3. The van der Waals surface area contributed by atoms with Crippen LogP contribution in [0.15, 0.2) is 29.4 Å². The molecule has 1 aromatic rings. The van der Waals surface area contributed by atoms with Crippen LogP contribution in [0.25, 0.3) is 0 Å². The molecule has 6 nitrogen and oxygen atoms in total. The molecule has 1 aliphatic heterocycles. The fraction of sp³-hybridized carbons (Fsp3) is 0.400. The van der Waals surface area contributed by atoms with Crippen molar-refractivity contribution in [3.63, 3.8) is 0 Å². The van der Waals surface area contributed by atoms with Crippen LogP contribution in [-0.2, 0) is 22.7 Å². The highest BCUT2D eigenvalue weighted by Gasteiger charge is 2.18. The van der Waals surface area contributed by atoms with Gasteiger partial charge in [-0.05, 0) is 25.2 Å². The first-order valence-electron chi connectivity index (χ1n) is 6.91. The van der Waals surface area contributed by atoms with Crippen molar-refractivity contribution in [2.45, 2.75) is 25.9 Å². The van der Waals surface area contributed by atoms with Crippen LogP contribution in [0.5, 0.6) is 0 Å². The number of hydrogen-bond acceptors (Lipinski definition) is 4. The molecule has 2 amide bonds. The van der Waals surface area contributed by atoms with E-state index in [0.717, 1.165) is 12.1 Å². The van der Waals surface area contributed by atoms with Crippen molar-refractivity contribution in [3.05, 3.63) is 35.4 Å². The Hall–Kier alpha value is -2.21. The summed E-state index contributed by atoms with van der Waals surface area (Å²) in [7, 11) is 4.02. The van der Waals surface area contributed by atoms with Gasteiger partial charge in [0.05, 0.1) is 0 Å². The highest BCUT2D eigenvalue weighted by atomic mass is 16.2. The summed E-state index contributed by atoms with van der Waals surface area (Å²) in [4.78, 5) is 25.1. The summed E-state index contributed by atoms with van der Waals surface area (Å²) in [5, 5.41) is 6.65. The molecule has 2 rings (SSSR count). The quantitative estimate of drug-likeness (QED) is 0.834. The molecule has 0 aliphatic carbocycles. The molecule has 0 atom stereocenters. The Morgan fingerprint density at radius 3 is 2.62 bits per heavy atom. The first-order valence-corrected chi connectivity index (χ1v) is 6.91. The molecule has 0 unspecified atom stereocenters. The van der Waals surface area contributed by atoms with E-state index in [-0.39, 0.29) is 11.8 Å². The summed E-state index contributed by atoms with van der Waals surface area (Å²) in [6.45, 7) is 1.28. The smallest absolute Gasteiger partial charge is 0.267 e. The minimum Gasteiger partial charge on any atom is -0.347 e. The number of benzene rings is 1. The maximum atomic E-state index is 12.0. The van der Waals surface area contributed by atoms with E-state index in [0.29, 0.717) is 25.1 Å². The minimum absolute atomic E-state index is 0.150. The van der Waals surface area contributed by atoms with Gasteiger partial charge in [-0.25, -0.2) is 5.43 Å². The Morgan fingerprint density at radius 1 is 1.29 bits per heavy atom. The van der Waals surface area contributed by atoms with Crippen molar-refractivity contribution in [2.24, 2.45) is 5.10 Å². The summed E-state index contributed by atoms with van der Waals surface area (Å²) in [5.74, 6) is -0.377. The first kappa shape index (κ1) is 15.2. The van der Waals surface area contributed by atoms with E-state index in [4.69, 9.17) is 0 Å². The third-order valence-corrected chi connectivity index (χ3v) is 3.21. The van der Waals surface area contributed by atoms with Crippen molar-refractivity contribution in [3.8, 4) is 0 Å². The summed E-state index contributed by atoms with van der Waals surface area (Å²) in [6, 6.07) is 8.01. The number of hydrazone groups is 1. The monoisotopic (exact) mass is 288 g/mol. The predicted octanol–water partition coefficient (Wildman–Crippen LogP) is 0.630. The molecule has 0 bridgehead atoms. The minimum atomic E-state index is -0.227. The summed E-state index contributed by atoms with van der Waals surface area (Å²) in [6.07, 6.45) is 0.695. The average molecular weight is 288 g/mol. The van der Waals surface area contributed by atoms with E-state index in [1.165, 1.54) is 5.56 Å². The molecule has 0 saturated carbocycles. The van der Waals surface area contributed by atoms with E-state index in [1.807, 2.05) is 32.3 Å². The van der Waals surface area contributed by atoms with Crippen molar-refractivity contribution in [2.75, 3.05) is 14.1 Å². The van der Waals surface area contributed by atoms with Crippen molar-refractivity contribution in [1.82, 2.24) is 15.6 Å². The van der Waals surface area contributed by atoms with Gasteiger partial charge in [-0.15, -0.1) is 0 Å².